The highest BCUT2D eigenvalue weighted by molar-refractivity contribution is 6.50. The predicted octanol–water partition coefficient (Wildman–Crippen LogP) is 4.58. The van der Waals surface area contributed by atoms with E-state index in [2.05, 4.69) is 22.2 Å². The van der Waals surface area contributed by atoms with Crippen molar-refractivity contribution in [3.63, 3.8) is 0 Å². The van der Waals surface area contributed by atoms with E-state index in [0.29, 0.717) is 11.5 Å². The van der Waals surface area contributed by atoms with Crippen molar-refractivity contribution in [3.05, 3.63) is 82.3 Å². The molecule has 5 nitrogen and oxygen atoms in total. The Hall–Kier alpha value is -3.18. The molecule has 1 heterocycles. The summed E-state index contributed by atoms with van der Waals surface area (Å²) in [4.78, 5) is 32.8. The first-order valence-electron chi connectivity index (χ1n) is 8.59. The van der Waals surface area contributed by atoms with Crippen molar-refractivity contribution in [2.24, 2.45) is 0 Å². The Morgan fingerprint density at radius 1 is 1.00 bits per heavy atom. The molecule has 1 aromatic heterocycles. The highest BCUT2D eigenvalue weighted by atomic mass is 35.5. The van der Waals surface area contributed by atoms with Crippen LogP contribution in [0.25, 0.3) is 11.4 Å². The first-order valence-corrected chi connectivity index (χ1v) is 8.97. The third-order valence-electron chi connectivity index (χ3n) is 4.47. The maximum Gasteiger partial charge on any atom is 0.231 e. The second-order valence-electron chi connectivity index (χ2n) is 6.20. The van der Waals surface area contributed by atoms with E-state index in [1.54, 1.807) is 0 Å². The van der Waals surface area contributed by atoms with Gasteiger partial charge in [-0.25, -0.2) is 4.98 Å². The number of Topliss-reactive ketones (excluding diaryl/α,β-unsaturated/α-hetero) is 2. The molecule has 1 aliphatic rings. The van der Waals surface area contributed by atoms with E-state index in [9.17, 15) is 9.59 Å². The van der Waals surface area contributed by atoms with Gasteiger partial charge in [0.2, 0.25) is 11.6 Å². The average molecular weight is 378 g/mol. The number of aryl methyl sites for hydroxylation is 1. The van der Waals surface area contributed by atoms with Gasteiger partial charge in [0.1, 0.15) is 27.9 Å². The normalized spacial score (nSPS) is 13.7. The summed E-state index contributed by atoms with van der Waals surface area (Å²) in [7, 11) is 0. The average Bonchev–Trinajstić information content (AvgIpc) is 3.16. The van der Waals surface area contributed by atoms with Crippen molar-refractivity contribution >= 4 is 28.9 Å². The molecule has 2 aromatic carbocycles. The Morgan fingerprint density at radius 3 is 2.37 bits per heavy atom. The SMILES string of the molecule is CCc1ccc(NC2=C(Cl)C(=O)c3[nH]c(-c4ccccc4)nc3C2=O)cc1. The van der Waals surface area contributed by atoms with Gasteiger partial charge in [-0.15, -0.1) is 0 Å². The predicted molar refractivity (Wildman–Crippen MR) is 105 cm³/mol. The second kappa shape index (κ2) is 6.85. The van der Waals surface area contributed by atoms with Gasteiger partial charge < -0.3 is 10.3 Å². The molecule has 27 heavy (non-hydrogen) atoms. The lowest BCUT2D eigenvalue weighted by Gasteiger charge is -2.15. The third-order valence-corrected chi connectivity index (χ3v) is 4.83. The van der Waals surface area contributed by atoms with Gasteiger partial charge in [-0.05, 0) is 24.1 Å². The van der Waals surface area contributed by atoms with Gasteiger partial charge in [-0.1, -0.05) is 61.0 Å². The van der Waals surface area contributed by atoms with Crippen LogP contribution in [0, 0.1) is 0 Å². The summed E-state index contributed by atoms with van der Waals surface area (Å²) in [5.74, 6) is -0.401. The fourth-order valence-electron chi connectivity index (χ4n) is 2.96. The van der Waals surface area contributed by atoms with E-state index in [4.69, 9.17) is 11.6 Å². The van der Waals surface area contributed by atoms with Crippen LogP contribution >= 0.6 is 11.6 Å². The van der Waals surface area contributed by atoms with Crippen LogP contribution in [0.3, 0.4) is 0 Å². The lowest BCUT2D eigenvalue weighted by Crippen LogP contribution is -2.24. The van der Waals surface area contributed by atoms with Crippen LogP contribution in [0.4, 0.5) is 5.69 Å². The van der Waals surface area contributed by atoms with Crippen LogP contribution in [-0.2, 0) is 6.42 Å². The molecule has 0 radical (unpaired) electrons. The zero-order chi connectivity index (χ0) is 19.0. The van der Waals surface area contributed by atoms with E-state index >= 15 is 0 Å². The number of ketones is 2. The molecule has 134 valence electrons. The minimum Gasteiger partial charge on any atom is -0.351 e. The van der Waals surface area contributed by atoms with Gasteiger partial charge in [-0.3, -0.25) is 9.59 Å². The van der Waals surface area contributed by atoms with E-state index in [1.165, 1.54) is 5.56 Å². The number of aromatic nitrogens is 2. The second-order valence-corrected chi connectivity index (χ2v) is 6.58. The third kappa shape index (κ3) is 3.06. The van der Waals surface area contributed by atoms with E-state index < -0.39 is 11.6 Å². The number of imidazole rings is 1. The van der Waals surface area contributed by atoms with Crippen LogP contribution in [-0.4, -0.2) is 21.5 Å². The fraction of sp³-hybridized carbons (Fsp3) is 0.0952. The number of hydrogen-bond donors (Lipinski definition) is 2. The Morgan fingerprint density at radius 2 is 1.70 bits per heavy atom. The van der Waals surface area contributed by atoms with Gasteiger partial charge in [-0.2, -0.15) is 0 Å². The van der Waals surface area contributed by atoms with E-state index in [0.717, 1.165) is 12.0 Å². The Kier molecular flexibility index (Phi) is 4.38. The molecule has 2 N–H and O–H groups in total. The lowest BCUT2D eigenvalue weighted by atomic mass is 10.0. The lowest BCUT2D eigenvalue weighted by molar-refractivity contribution is 0.0977. The summed E-state index contributed by atoms with van der Waals surface area (Å²) >= 11 is 6.22. The number of allylic oxidation sites excluding steroid dienone is 2. The molecule has 0 saturated carbocycles. The molecule has 0 unspecified atom stereocenters. The van der Waals surface area contributed by atoms with Crippen molar-refractivity contribution < 1.29 is 9.59 Å². The van der Waals surface area contributed by atoms with Crippen molar-refractivity contribution in [1.82, 2.24) is 9.97 Å². The summed E-state index contributed by atoms with van der Waals surface area (Å²) in [6.45, 7) is 2.06. The maximum absolute atomic E-state index is 12.9. The van der Waals surface area contributed by atoms with Crippen molar-refractivity contribution in [2.75, 3.05) is 5.32 Å². The maximum atomic E-state index is 12.9. The molecule has 0 saturated heterocycles. The number of benzene rings is 2. The number of H-pyrrole nitrogens is 1. The number of halogens is 1. The van der Waals surface area contributed by atoms with Crippen molar-refractivity contribution in [2.45, 2.75) is 13.3 Å². The highest BCUT2D eigenvalue weighted by Crippen LogP contribution is 2.30. The summed E-state index contributed by atoms with van der Waals surface area (Å²) < 4.78 is 0. The monoisotopic (exact) mass is 377 g/mol. The van der Waals surface area contributed by atoms with Gasteiger partial charge in [0.25, 0.3) is 0 Å². The molecule has 0 spiro atoms. The quantitative estimate of drug-likeness (QED) is 0.697. The minimum absolute atomic E-state index is 0.0459. The largest absolute Gasteiger partial charge is 0.351 e. The zero-order valence-electron chi connectivity index (χ0n) is 14.5. The molecule has 0 atom stereocenters. The molecule has 1 aliphatic carbocycles. The smallest absolute Gasteiger partial charge is 0.231 e. The van der Waals surface area contributed by atoms with Crippen LogP contribution < -0.4 is 5.32 Å². The number of aromatic amines is 1. The van der Waals surface area contributed by atoms with Gasteiger partial charge in [0.05, 0.1) is 0 Å². The summed E-state index contributed by atoms with van der Waals surface area (Å²) in [6.07, 6.45) is 0.917. The molecular weight excluding hydrogens is 362 g/mol. The molecule has 0 fully saturated rings. The molecule has 6 heteroatoms. The van der Waals surface area contributed by atoms with Crippen LogP contribution in [0.1, 0.15) is 33.5 Å². The Labute approximate surface area is 161 Å². The molecule has 0 bridgehead atoms. The Balaban J connectivity index is 1.69. The summed E-state index contributed by atoms with van der Waals surface area (Å²) in [5.41, 5.74) is 2.89. The first-order chi connectivity index (χ1) is 13.1. The molecule has 0 amide bonds. The van der Waals surface area contributed by atoms with Gasteiger partial charge >= 0.3 is 0 Å². The topological polar surface area (TPSA) is 74.8 Å². The first kappa shape index (κ1) is 17.2. The van der Waals surface area contributed by atoms with Crippen LogP contribution in [0.15, 0.2) is 65.3 Å². The number of nitrogens with one attached hydrogen (secondary N) is 2. The number of rotatable bonds is 4. The number of hydrogen-bond acceptors (Lipinski definition) is 4. The van der Waals surface area contributed by atoms with E-state index in [1.807, 2.05) is 54.6 Å². The standard InChI is InChI=1S/C21H16ClN3O2/c1-2-12-8-10-14(11-9-12)23-16-15(22)19(26)17-18(20(16)27)25-21(24-17)13-6-4-3-5-7-13/h3-11,23H,2H2,1H3,(H,24,25). The van der Waals surface area contributed by atoms with Crippen LogP contribution in [0.2, 0.25) is 0 Å². The number of nitrogens with zero attached hydrogens (tertiary/aromatic N) is 1. The number of anilines is 1. The van der Waals surface area contributed by atoms with Gasteiger partial charge in [0, 0.05) is 11.3 Å². The Bertz CT molecular complexity index is 1070. The fourth-order valence-corrected chi connectivity index (χ4v) is 3.18. The number of carbonyl (C=O) groups excluding carboxylic acids is 2. The minimum atomic E-state index is -0.450. The van der Waals surface area contributed by atoms with Crippen molar-refractivity contribution in [1.29, 1.82) is 0 Å². The van der Waals surface area contributed by atoms with Gasteiger partial charge in [0.15, 0.2) is 0 Å². The molecular formula is C21H16ClN3O2. The molecule has 0 aliphatic heterocycles. The summed E-state index contributed by atoms with van der Waals surface area (Å²) in [5, 5.41) is 2.83. The number of fused-ring (bicyclic) bond motifs is 1. The highest BCUT2D eigenvalue weighted by Gasteiger charge is 2.35. The summed E-state index contributed by atoms with van der Waals surface area (Å²) in [6, 6.07) is 16.9. The van der Waals surface area contributed by atoms with Crippen LogP contribution in [0.5, 0.6) is 0 Å². The molecule has 3 aromatic rings. The zero-order valence-corrected chi connectivity index (χ0v) is 15.3. The number of carbonyl (C=O) groups is 2. The molecule has 4 rings (SSSR count). The van der Waals surface area contributed by atoms with E-state index in [-0.39, 0.29) is 22.1 Å². The van der Waals surface area contributed by atoms with Crippen molar-refractivity contribution in [3.8, 4) is 11.4 Å².